The summed E-state index contributed by atoms with van der Waals surface area (Å²) in [5.74, 6) is -0.425. The zero-order valence-corrected chi connectivity index (χ0v) is 15.9. The number of thioether (sulfide) groups is 1. The summed E-state index contributed by atoms with van der Waals surface area (Å²) in [7, 11) is -4.09. The number of rotatable bonds is 8. The number of carbonyl (C=O) groups is 1. The van der Waals surface area contributed by atoms with Crippen LogP contribution in [0.3, 0.4) is 0 Å². The highest BCUT2D eigenvalue weighted by molar-refractivity contribution is 8.00. The summed E-state index contributed by atoms with van der Waals surface area (Å²) in [6.07, 6.45) is 1.95. The van der Waals surface area contributed by atoms with E-state index in [4.69, 9.17) is 5.14 Å². The van der Waals surface area contributed by atoms with E-state index in [0.29, 0.717) is 17.1 Å². The molecule has 0 bridgehead atoms. The van der Waals surface area contributed by atoms with Gasteiger partial charge < -0.3 is 10.4 Å². The van der Waals surface area contributed by atoms with Crippen molar-refractivity contribution >= 4 is 45.2 Å². The van der Waals surface area contributed by atoms with Crippen molar-refractivity contribution in [3.63, 3.8) is 0 Å². The fraction of sp³-hybridized carbons (Fsp3) is 0.188. The van der Waals surface area contributed by atoms with Crippen LogP contribution in [-0.4, -0.2) is 38.0 Å². The van der Waals surface area contributed by atoms with Crippen molar-refractivity contribution in [2.24, 2.45) is 5.14 Å². The van der Waals surface area contributed by atoms with Crippen molar-refractivity contribution in [1.29, 1.82) is 0 Å². The normalized spacial score (nSPS) is 11.3. The van der Waals surface area contributed by atoms with E-state index >= 15 is 0 Å². The quantitative estimate of drug-likeness (QED) is 0.586. The maximum absolute atomic E-state index is 12.0. The molecule has 9 heteroatoms. The van der Waals surface area contributed by atoms with Crippen molar-refractivity contribution in [1.82, 2.24) is 0 Å². The molecule has 2 aromatic rings. The Balaban J connectivity index is 2.59. The van der Waals surface area contributed by atoms with E-state index in [1.54, 1.807) is 11.8 Å². The number of carboxylic acid groups (broad SMARTS) is 1. The number of primary sulfonamides is 1. The molecule has 6 nitrogen and oxygen atoms in total. The summed E-state index contributed by atoms with van der Waals surface area (Å²) < 4.78 is 24.1. The lowest BCUT2D eigenvalue weighted by Crippen LogP contribution is -2.16. The summed E-state index contributed by atoms with van der Waals surface area (Å²) in [6, 6.07) is 11.8. The van der Waals surface area contributed by atoms with Gasteiger partial charge in [-0.3, -0.25) is 0 Å². The van der Waals surface area contributed by atoms with Gasteiger partial charge in [0, 0.05) is 17.2 Å². The maximum Gasteiger partial charge on any atom is 0.335 e. The van der Waals surface area contributed by atoms with Crippen LogP contribution in [0.5, 0.6) is 0 Å². The van der Waals surface area contributed by atoms with Crippen LogP contribution in [0.15, 0.2) is 57.2 Å². The summed E-state index contributed by atoms with van der Waals surface area (Å²) in [5.41, 5.74) is 0.305. The predicted octanol–water partition coefficient (Wildman–Crippen LogP) is 2.96. The lowest BCUT2D eigenvalue weighted by atomic mass is 10.2. The van der Waals surface area contributed by atoms with Gasteiger partial charge in [-0.15, -0.1) is 0 Å². The van der Waals surface area contributed by atoms with E-state index in [9.17, 15) is 18.3 Å². The van der Waals surface area contributed by atoms with E-state index in [2.05, 4.69) is 5.32 Å². The number of carboxylic acids is 1. The molecule has 2 aromatic carbocycles. The van der Waals surface area contributed by atoms with Crippen molar-refractivity contribution in [2.45, 2.75) is 14.7 Å². The third-order valence-corrected chi connectivity index (χ3v) is 6.02. The molecule has 4 N–H and O–H groups in total. The molecule has 0 aliphatic carbocycles. The SMILES string of the molecule is CSCCNc1cc(C(=O)O)cc(S(N)(=O)=O)c1Sc1ccccc1. The monoisotopic (exact) mass is 398 g/mol. The molecule has 0 heterocycles. The number of nitrogens with one attached hydrogen (secondary N) is 1. The van der Waals surface area contributed by atoms with Crippen LogP contribution < -0.4 is 10.5 Å². The lowest BCUT2D eigenvalue weighted by molar-refractivity contribution is 0.0696. The van der Waals surface area contributed by atoms with Crippen LogP contribution in [0.4, 0.5) is 5.69 Å². The number of aromatic carboxylic acids is 1. The zero-order chi connectivity index (χ0) is 18.4. The maximum atomic E-state index is 12.0. The van der Waals surface area contributed by atoms with E-state index in [1.165, 1.54) is 17.8 Å². The highest BCUT2D eigenvalue weighted by atomic mass is 32.2. The van der Waals surface area contributed by atoms with Gasteiger partial charge in [0.1, 0.15) is 0 Å². The van der Waals surface area contributed by atoms with E-state index in [0.717, 1.165) is 16.7 Å². The number of anilines is 1. The fourth-order valence-corrected chi connectivity index (χ4v) is 4.44. The topological polar surface area (TPSA) is 109 Å². The molecule has 134 valence electrons. The number of hydrogen-bond acceptors (Lipinski definition) is 6. The van der Waals surface area contributed by atoms with Crippen LogP contribution >= 0.6 is 23.5 Å². The molecular weight excluding hydrogens is 380 g/mol. The zero-order valence-electron chi connectivity index (χ0n) is 13.4. The first-order valence-electron chi connectivity index (χ1n) is 7.22. The second kappa shape index (κ2) is 8.61. The van der Waals surface area contributed by atoms with Gasteiger partial charge in [-0.25, -0.2) is 18.4 Å². The Morgan fingerprint density at radius 3 is 2.48 bits per heavy atom. The van der Waals surface area contributed by atoms with Crippen LogP contribution in [0.1, 0.15) is 10.4 Å². The van der Waals surface area contributed by atoms with Crippen molar-refractivity contribution in [3.8, 4) is 0 Å². The standard InChI is InChI=1S/C16H18N2O4S3/c1-23-8-7-18-13-9-11(16(19)20)10-14(25(17,21)22)15(13)24-12-5-3-2-4-6-12/h2-6,9-10,18H,7-8H2,1H3,(H,19,20)(H2,17,21,22). The number of sulfonamides is 1. The van der Waals surface area contributed by atoms with E-state index in [-0.39, 0.29) is 10.5 Å². The molecule has 0 atom stereocenters. The molecule has 0 fully saturated rings. The van der Waals surface area contributed by atoms with Gasteiger partial charge >= 0.3 is 5.97 Å². The number of nitrogens with two attached hydrogens (primary N) is 1. The third-order valence-electron chi connectivity index (χ3n) is 3.19. The highest BCUT2D eigenvalue weighted by Gasteiger charge is 2.22. The summed E-state index contributed by atoms with van der Waals surface area (Å²) in [5, 5.41) is 17.7. The van der Waals surface area contributed by atoms with Crippen LogP contribution in [0, 0.1) is 0 Å². The number of hydrogen-bond donors (Lipinski definition) is 3. The molecule has 0 spiro atoms. The molecular formula is C16H18N2O4S3. The minimum absolute atomic E-state index is 0.131. The summed E-state index contributed by atoms with van der Waals surface area (Å²) in [6.45, 7) is 0.566. The predicted molar refractivity (Wildman–Crippen MR) is 102 cm³/mol. The second-order valence-corrected chi connectivity index (χ2v) is 8.64. The molecule has 0 aliphatic heterocycles. The van der Waals surface area contributed by atoms with Crippen LogP contribution in [0.25, 0.3) is 0 Å². The Kier molecular flexibility index (Phi) is 6.77. The Morgan fingerprint density at radius 1 is 1.24 bits per heavy atom. The molecule has 0 saturated heterocycles. The van der Waals surface area contributed by atoms with Crippen LogP contribution in [0.2, 0.25) is 0 Å². The lowest BCUT2D eigenvalue weighted by Gasteiger charge is -2.16. The van der Waals surface area contributed by atoms with Gasteiger partial charge in [0.25, 0.3) is 0 Å². The minimum atomic E-state index is -4.09. The molecule has 0 amide bonds. The van der Waals surface area contributed by atoms with Gasteiger partial charge in [0.2, 0.25) is 10.0 Å². The first-order chi connectivity index (χ1) is 11.8. The molecule has 0 aliphatic rings. The summed E-state index contributed by atoms with van der Waals surface area (Å²) >= 11 is 2.85. The van der Waals surface area contributed by atoms with Crippen molar-refractivity contribution < 1.29 is 18.3 Å². The third kappa shape index (κ3) is 5.40. The van der Waals surface area contributed by atoms with Crippen molar-refractivity contribution in [3.05, 3.63) is 48.0 Å². The smallest absolute Gasteiger partial charge is 0.335 e. The van der Waals surface area contributed by atoms with E-state index < -0.39 is 16.0 Å². The second-order valence-electron chi connectivity index (χ2n) is 5.04. The minimum Gasteiger partial charge on any atom is -0.478 e. The first-order valence-corrected chi connectivity index (χ1v) is 11.0. The average molecular weight is 399 g/mol. The van der Waals surface area contributed by atoms with Gasteiger partial charge in [-0.05, 0) is 30.5 Å². The van der Waals surface area contributed by atoms with Gasteiger partial charge in [0.15, 0.2) is 0 Å². The van der Waals surface area contributed by atoms with Gasteiger partial charge in [0.05, 0.1) is 21.0 Å². The Bertz CT molecular complexity index is 855. The highest BCUT2D eigenvalue weighted by Crippen LogP contribution is 2.39. The molecule has 0 aromatic heterocycles. The van der Waals surface area contributed by atoms with Gasteiger partial charge in [-0.2, -0.15) is 11.8 Å². The largest absolute Gasteiger partial charge is 0.478 e. The Hall–Kier alpha value is -1.68. The molecule has 25 heavy (non-hydrogen) atoms. The first kappa shape index (κ1) is 19.6. The molecule has 0 radical (unpaired) electrons. The van der Waals surface area contributed by atoms with Crippen molar-refractivity contribution in [2.75, 3.05) is 23.9 Å². The molecule has 0 saturated carbocycles. The van der Waals surface area contributed by atoms with Crippen LogP contribution in [-0.2, 0) is 10.0 Å². The van der Waals surface area contributed by atoms with E-state index in [1.807, 2.05) is 36.6 Å². The number of benzene rings is 2. The Morgan fingerprint density at radius 2 is 1.92 bits per heavy atom. The Labute approximate surface area is 155 Å². The summed E-state index contributed by atoms with van der Waals surface area (Å²) in [4.78, 5) is 12.4. The fourth-order valence-electron chi connectivity index (χ4n) is 2.07. The van der Waals surface area contributed by atoms with Gasteiger partial charge in [-0.1, -0.05) is 30.0 Å². The molecule has 2 rings (SSSR count). The molecule has 0 unspecified atom stereocenters. The average Bonchev–Trinajstić information content (AvgIpc) is 2.56.